The lowest BCUT2D eigenvalue weighted by Gasteiger charge is -2.36. The van der Waals surface area contributed by atoms with E-state index in [9.17, 15) is 27.5 Å². The Hall–Kier alpha value is -2.69. The summed E-state index contributed by atoms with van der Waals surface area (Å²) in [7, 11) is 0. The molecule has 1 aliphatic heterocycles. The summed E-state index contributed by atoms with van der Waals surface area (Å²) in [6.07, 6.45) is 0.735. The number of carbonyl (C=O) groups is 1. The van der Waals surface area contributed by atoms with Crippen molar-refractivity contribution in [2.75, 3.05) is 24.5 Å². The first kappa shape index (κ1) is 25.4. The van der Waals surface area contributed by atoms with E-state index in [-0.39, 0.29) is 53.3 Å². The minimum Gasteiger partial charge on any atom is -0.372 e. The lowest BCUT2D eigenvalue weighted by atomic mass is 10.0. The second-order valence-corrected chi connectivity index (χ2v) is 9.58. The van der Waals surface area contributed by atoms with Crippen LogP contribution in [0.15, 0.2) is 30.5 Å². The van der Waals surface area contributed by atoms with Crippen molar-refractivity contribution >= 4 is 28.8 Å². The van der Waals surface area contributed by atoms with Crippen LogP contribution in [0, 0.1) is 17.6 Å². The fourth-order valence-corrected chi connectivity index (χ4v) is 4.53. The zero-order chi connectivity index (χ0) is 25.7. The summed E-state index contributed by atoms with van der Waals surface area (Å²) in [4.78, 5) is 19.6. The molecule has 1 aliphatic rings. The van der Waals surface area contributed by atoms with Crippen LogP contribution in [0.25, 0.3) is 5.65 Å². The number of halogens is 5. The second kappa shape index (κ2) is 9.40. The van der Waals surface area contributed by atoms with E-state index >= 15 is 0 Å². The first-order chi connectivity index (χ1) is 16.4. The smallest absolute Gasteiger partial charge is 0.274 e. The summed E-state index contributed by atoms with van der Waals surface area (Å²) < 4.78 is 57.1. The Bertz CT molecular complexity index is 1270. The van der Waals surface area contributed by atoms with Crippen molar-refractivity contribution in [1.29, 1.82) is 0 Å². The Balaban J connectivity index is 1.64. The van der Waals surface area contributed by atoms with Crippen molar-refractivity contribution in [1.82, 2.24) is 14.3 Å². The van der Waals surface area contributed by atoms with Crippen LogP contribution in [-0.2, 0) is 17.1 Å². The molecule has 0 radical (unpaired) electrons. The van der Waals surface area contributed by atoms with Gasteiger partial charge in [0.05, 0.1) is 12.1 Å². The van der Waals surface area contributed by atoms with Crippen molar-refractivity contribution in [2.45, 2.75) is 39.3 Å². The van der Waals surface area contributed by atoms with Crippen LogP contribution in [0.5, 0.6) is 0 Å². The molecule has 1 saturated heterocycles. The standard InChI is InChI=1S/C24H25ClF4N4O2/c1-13(2)8-14-9-16(24(3,28)29)22-30-20(21(25)33(22)11-14)23(35)31-6-7-32(19(34)12-31)15-4-5-17(26)18(27)10-15/h4-5,9-11,13,23,35H,6-8,12H2,1-3H3. The van der Waals surface area contributed by atoms with Crippen LogP contribution < -0.4 is 4.90 Å². The Morgan fingerprint density at radius 3 is 2.49 bits per heavy atom. The lowest BCUT2D eigenvalue weighted by Crippen LogP contribution is -2.51. The number of aromatic nitrogens is 2. The van der Waals surface area contributed by atoms with Gasteiger partial charge in [0.1, 0.15) is 16.5 Å². The quantitative estimate of drug-likeness (QED) is 0.476. The number of imidazole rings is 1. The van der Waals surface area contributed by atoms with E-state index in [1.54, 1.807) is 6.20 Å². The molecular weight excluding hydrogens is 488 g/mol. The molecule has 6 nitrogen and oxygen atoms in total. The molecule has 1 unspecified atom stereocenters. The number of fused-ring (bicyclic) bond motifs is 1. The normalized spacial score (nSPS) is 16.5. The van der Waals surface area contributed by atoms with Crippen molar-refractivity contribution in [3.05, 3.63) is 64.1 Å². The summed E-state index contributed by atoms with van der Waals surface area (Å²) in [5.41, 5.74) is 0.417. The molecule has 1 atom stereocenters. The number of alkyl halides is 2. The summed E-state index contributed by atoms with van der Waals surface area (Å²) in [5.74, 6) is -5.53. The third-order valence-electron chi connectivity index (χ3n) is 5.92. The van der Waals surface area contributed by atoms with Gasteiger partial charge in [-0.1, -0.05) is 25.4 Å². The minimum atomic E-state index is -3.20. The summed E-state index contributed by atoms with van der Waals surface area (Å²) in [6, 6.07) is 4.56. The molecule has 11 heteroatoms. The van der Waals surface area contributed by atoms with Gasteiger partial charge in [-0.25, -0.2) is 22.5 Å². The SMILES string of the molecule is CC(C)Cc1cc(C(C)(F)F)c2nc(C(O)N3CCN(c4ccc(F)c(F)c4)C(=O)C3)c(Cl)n2c1. The highest BCUT2D eigenvalue weighted by Gasteiger charge is 2.35. The average molecular weight is 513 g/mol. The van der Waals surface area contributed by atoms with Gasteiger partial charge in [-0.05, 0) is 36.1 Å². The Morgan fingerprint density at radius 2 is 1.89 bits per heavy atom. The number of pyridine rings is 1. The molecule has 35 heavy (non-hydrogen) atoms. The number of hydrogen-bond donors (Lipinski definition) is 1. The number of piperazine rings is 1. The van der Waals surface area contributed by atoms with Crippen molar-refractivity contribution in [3.63, 3.8) is 0 Å². The zero-order valence-electron chi connectivity index (χ0n) is 19.4. The van der Waals surface area contributed by atoms with E-state index < -0.39 is 29.7 Å². The van der Waals surface area contributed by atoms with Crippen LogP contribution in [0.2, 0.25) is 5.15 Å². The van der Waals surface area contributed by atoms with Crippen molar-refractivity contribution in [3.8, 4) is 0 Å². The molecule has 1 fully saturated rings. The predicted molar refractivity (Wildman–Crippen MR) is 124 cm³/mol. The maximum Gasteiger partial charge on any atom is 0.274 e. The molecule has 1 amide bonds. The fourth-order valence-electron chi connectivity index (χ4n) is 4.26. The Labute approximate surface area is 204 Å². The molecule has 3 heterocycles. The number of aliphatic hydroxyl groups excluding tert-OH is 1. The van der Waals surface area contributed by atoms with E-state index in [4.69, 9.17) is 11.6 Å². The number of nitrogens with zero attached hydrogens (tertiary/aromatic N) is 4. The number of hydrogen-bond acceptors (Lipinski definition) is 4. The number of anilines is 1. The molecule has 1 N–H and O–H groups in total. The minimum absolute atomic E-state index is 0.0286. The summed E-state index contributed by atoms with van der Waals surface area (Å²) in [5, 5.41) is 11.0. The van der Waals surface area contributed by atoms with Crippen molar-refractivity contribution < 1.29 is 27.5 Å². The Morgan fingerprint density at radius 1 is 1.17 bits per heavy atom. The maximum absolute atomic E-state index is 14.4. The lowest BCUT2D eigenvalue weighted by molar-refractivity contribution is -0.125. The Kier molecular flexibility index (Phi) is 6.82. The molecule has 188 valence electrons. The molecule has 4 rings (SSSR count). The molecule has 0 aliphatic carbocycles. The van der Waals surface area contributed by atoms with Gasteiger partial charge in [-0.15, -0.1) is 0 Å². The number of aliphatic hydroxyl groups is 1. The highest BCUT2D eigenvalue weighted by molar-refractivity contribution is 6.30. The van der Waals surface area contributed by atoms with Crippen molar-refractivity contribution in [2.24, 2.45) is 5.92 Å². The molecule has 0 bridgehead atoms. The highest BCUT2D eigenvalue weighted by atomic mass is 35.5. The van der Waals surface area contributed by atoms with Gasteiger partial charge in [0.25, 0.3) is 5.92 Å². The van der Waals surface area contributed by atoms with Crippen LogP contribution in [0.3, 0.4) is 0 Å². The van der Waals surface area contributed by atoms with Crippen LogP contribution in [0.1, 0.15) is 43.8 Å². The van der Waals surface area contributed by atoms with E-state index in [1.165, 1.54) is 26.3 Å². The number of rotatable bonds is 6. The van der Waals surface area contributed by atoms with Gasteiger partial charge < -0.3 is 10.0 Å². The third-order valence-corrected chi connectivity index (χ3v) is 6.29. The van der Waals surface area contributed by atoms with Gasteiger partial charge >= 0.3 is 0 Å². The first-order valence-electron chi connectivity index (χ1n) is 11.1. The summed E-state index contributed by atoms with van der Waals surface area (Å²) in [6.45, 7) is 4.69. The van der Waals surface area contributed by atoms with Gasteiger partial charge in [-0.2, -0.15) is 0 Å². The average Bonchev–Trinajstić information content (AvgIpc) is 3.10. The number of carbonyl (C=O) groups excluding carboxylic acids is 1. The van der Waals surface area contributed by atoms with Crippen LogP contribution in [0.4, 0.5) is 23.2 Å². The number of amides is 1. The molecule has 3 aromatic rings. The zero-order valence-corrected chi connectivity index (χ0v) is 20.2. The van der Waals surface area contributed by atoms with Gasteiger partial charge in [-0.3, -0.25) is 14.1 Å². The molecule has 0 spiro atoms. The van der Waals surface area contributed by atoms with Crippen LogP contribution >= 0.6 is 11.6 Å². The molecule has 1 aromatic carbocycles. The third kappa shape index (κ3) is 5.00. The summed E-state index contributed by atoms with van der Waals surface area (Å²) >= 11 is 6.49. The van der Waals surface area contributed by atoms with E-state index in [1.807, 2.05) is 13.8 Å². The molecule has 0 saturated carbocycles. The molecule has 2 aromatic heterocycles. The molecular formula is C24H25ClF4N4O2. The van der Waals surface area contributed by atoms with E-state index in [2.05, 4.69) is 4.98 Å². The van der Waals surface area contributed by atoms with Gasteiger partial charge in [0.15, 0.2) is 17.9 Å². The largest absolute Gasteiger partial charge is 0.372 e. The van der Waals surface area contributed by atoms with E-state index in [0.29, 0.717) is 12.0 Å². The van der Waals surface area contributed by atoms with E-state index in [0.717, 1.165) is 19.1 Å². The van der Waals surface area contributed by atoms with Gasteiger partial charge in [0.2, 0.25) is 5.91 Å². The topological polar surface area (TPSA) is 61.1 Å². The fraction of sp³-hybridized carbons (Fsp3) is 0.417. The monoisotopic (exact) mass is 512 g/mol. The van der Waals surface area contributed by atoms with Crippen LogP contribution in [-0.4, -0.2) is 44.9 Å². The second-order valence-electron chi connectivity index (χ2n) is 9.22. The predicted octanol–water partition coefficient (Wildman–Crippen LogP) is 4.92. The van der Waals surface area contributed by atoms with Gasteiger partial charge in [0, 0.05) is 38.0 Å². The number of benzene rings is 1. The highest BCUT2D eigenvalue weighted by Crippen LogP contribution is 2.36. The maximum atomic E-state index is 14.4. The first-order valence-corrected chi connectivity index (χ1v) is 11.5.